The van der Waals surface area contributed by atoms with Crippen molar-refractivity contribution in [3.05, 3.63) is 95.3 Å². The normalized spacial score (nSPS) is 10.9. The van der Waals surface area contributed by atoms with Crippen LogP contribution in [0, 0.1) is 0 Å². The lowest BCUT2D eigenvalue weighted by Gasteiger charge is -2.07. The number of aromatic hydroxyl groups is 1. The van der Waals surface area contributed by atoms with Gasteiger partial charge in [0.2, 0.25) is 5.76 Å². The van der Waals surface area contributed by atoms with Gasteiger partial charge < -0.3 is 20.2 Å². The molecule has 0 aliphatic rings. The number of nitrogens with one attached hydrogen (secondary N) is 3. The maximum atomic E-state index is 13.0. The zero-order valence-corrected chi connectivity index (χ0v) is 18.3. The highest BCUT2D eigenvalue weighted by atomic mass is 35.5. The Balaban J connectivity index is 1.45. The van der Waals surface area contributed by atoms with Crippen LogP contribution in [-0.4, -0.2) is 27.1 Å². The topological polar surface area (TPSA) is 120 Å². The van der Waals surface area contributed by atoms with E-state index in [1.54, 1.807) is 66.7 Å². The lowest BCUT2D eigenvalue weighted by Crippen LogP contribution is -2.17. The van der Waals surface area contributed by atoms with E-state index in [4.69, 9.17) is 16.0 Å². The Kier molecular flexibility index (Phi) is 5.49. The zero-order valence-electron chi connectivity index (χ0n) is 17.5. The smallest absolute Gasteiger partial charge is 0.293 e. The third-order valence-corrected chi connectivity index (χ3v) is 5.40. The van der Waals surface area contributed by atoms with Crippen molar-refractivity contribution in [3.63, 3.8) is 0 Å². The second-order valence-corrected chi connectivity index (χ2v) is 7.84. The number of benzene rings is 3. The van der Waals surface area contributed by atoms with Gasteiger partial charge in [-0.2, -0.15) is 5.10 Å². The molecule has 0 fully saturated rings. The highest BCUT2D eigenvalue weighted by Crippen LogP contribution is 2.32. The van der Waals surface area contributed by atoms with Gasteiger partial charge in [-0.25, -0.2) is 0 Å². The number of H-pyrrole nitrogens is 1. The summed E-state index contributed by atoms with van der Waals surface area (Å²) in [5, 5.41) is 23.4. The largest absolute Gasteiger partial charge is 0.507 e. The number of fused-ring (bicyclic) bond motifs is 1. The van der Waals surface area contributed by atoms with Gasteiger partial charge in [0.15, 0.2) is 0 Å². The first-order valence-electron chi connectivity index (χ1n) is 10.2. The first-order chi connectivity index (χ1) is 16.5. The van der Waals surface area contributed by atoms with E-state index >= 15 is 0 Å². The van der Waals surface area contributed by atoms with Crippen molar-refractivity contribution in [2.75, 3.05) is 10.6 Å². The molecule has 34 heavy (non-hydrogen) atoms. The van der Waals surface area contributed by atoms with Crippen LogP contribution in [0.4, 0.5) is 11.4 Å². The summed E-state index contributed by atoms with van der Waals surface area (Å²) in [6.07, 6.45) is 0. The maximum absolute atomic E-state index is 13.0. The van der Waals surface area contributed by atoms with Crippen molar-refractivity contribution in [1.29, 1.82) is 0 Å². The molecule has 0 radical (unpaired) electrons. The molecule has 4 N–H and O–H groups in total. The lowest BCUT2D eigenvalue weighted by molar-refractivity contribution is 0.0999. The van der Waals surface area contributed by atoms with Crippen LogP contribution in [-0.2, 0) is 0 Å². The molecular weight excluding hydrogens is 456 g/mol. The average molecular weight is 473 g/mol. The Morgan fingerprint density at radius 3 is 2.44 bits per heavy atom. The fourth-order valence-corrected chi connectivity index (χ4v) is 3.62. The number of halogens is 1. The average Bonchev–Trinajstić information content (AvgIpc) is 3.47. The van der Waals surface area contributed by atoms with Gasteiger partial charge in [-0.05, 0) is 54.6 Å². The number of hydrogen-bond acceptors (Lipinski definition) is 5. The van der Waals surface area contributed by atoms with Crippen LogP contribution in [0.3, 0.4) is 0 Å². The van der Waals surface area contributed by atoms with Crippen LogP contribution in [0.15, 0.2) is 83.3 Å². The SMILES string of the molecule is O=C(Nc1c(C(=O)Nc2ccc(Cl)cc2)oc2ccccc12)c1cc(-c2ccccc2O)n[nH]1. The number of phenols is 1. The van der Waals surface area contributed by atoms with Crippen LogP contribution in [0.25, 0.3) is 22.2 Å². The Morgan fingerprint density at radius 1 is 0.912 bits per heavy atom. The highest BCUT2D eigenvalue weighted by molar-refractivity contribution is 6.30. The molecule has 0 aliphatic heterocycles. The summed E-state index contributed by atoms with van der Waals surface area (Å²) in [7, 11) is 0. The second-order valence-electron chi connectivity index (χ2n) is 7.40. The number of carbonyl (C=O) groups is 2. The zero-order chi connectivity index (χ0) is 23.7. The number of furan rings is 1. The molecule has 0 aliphatic carbocycles. The van der Waals surface area contributed by atoms with Crippen molar-refractivity contribution in [2.24, 2.45) is 0 Å². The molecule has 5 aromatic rings. The molecule has 0 atom stereocenters. The Morgan fingerprint density at radius 2 is 1.65 bits per heavy atom. The Labute approximate surface area is 198 Å². The van der Waals surface area contributed by atoms with Crippen LogP contribution in [0.1, 0.15) is 21.0 Å². The first kappa shape index (κ1) is 21.3. The number of aromatic nitrogens is 2. The number of rotatable bonds is 5. The molecule has 0 saturated carbocycles. The van der Waals surface area contributed by atoms with Crippen LogP contribution in [0.5, 0.6) is 5.75 Å². The molecule has 2 aromatic heterocycles. The molecule has 0 spiro atoms. The fourth-order valence-electron chi connectivity index (χ4n) is 3.50. The predicted octanol–water partition coefficient (Wildman–Crippen LogP) is 5.69. The standard InChI is InChI=1S/C25H17ClN4O4/c26-14-9-11-15(12-10-14)27-25(33)23-22(17-6-2-4-8-21(17)34-23)28-24(32)19-13-18(29-30-19)16-5-1-3-7-20(16)31/h1-13,31H,(H,27,33)(H,28,32)(H,29,30). The molecule has 3 aromatic carbocycles. The molecule has 2 heterocycles. The van der Waals surface area contributed by atoms with E-state index in [0.29, 0.717) is 32.9 Å². The quantitative estimate of drug-likeness (QED) is 0.262. The summed E-state index contributed by atoms with van der Waals surface area (Å²) in [6.45, 7) is 0. The number of para-hydroxylation sites is 2. The van der Waals surface area contributed by atoms with Crippen LogP contribution in [0.2, 0.25) is 5.02 Å². The number of hydrogen-bond donors (Lipinski definition) is 4. The minimum absolute atomic E-state index is 0.0444. The van der Waals surface area contributed by atoms with E-state index in [1.165, 1.54) is 12.1 Å². The van der Waals surface area contributed by atoms with Crippen LogP contribution < -0.4 is 10.6 Å². The molecule has 2 amide bonds. The van der Waals surface area contributed by atoms with Crippen molar-refractivity contribution in [3.8, 4) is 17.0 Å². The summed E-state index contributed by atoms with van der Waals surface area (Å²) < 4.78 is 5.77. The number of nitrogens with zero attached hydrogens (tertiary/aromatic N) is 1. The summed E-state index contributed by atoms with van der Waals surface area (Å²) in [4.78, 5) is 26.0. The fraction of sp³-hybridized carbons (Fsp3) is 0. The summed E-state index contributed by atoms with van der Waals surface area (Å²) in [5.41, 5.74) is 2.22. The Hall–Kier alpha value is -4.56. The molecule has 8 nitrogen and oxygen atoms in total. The van der Waals surface area contributed by atoms with Gasteiger partial charge in [-0.3, -0.25) is 14.7 Å². The third kappa shape index (κ3) is 4.10. The van der Waals surface area contributed by atoms with Crippen molar-refractivity contribution in [1.82, 2.24) is 10.2 Å². The van der Waals surface area contributed by atoms with E-state index < -0.39 is 11.8 Å². The number of phenolic OH excluding ortho intramolecular Hbond substituents is 1. The van der Waals surface area contributed by atoms with Crippen LogP contribution >= 0.6 is 11.6 Å². The van der Waals surface area contributed by atoms with Gasteiger partial charge in [-0.15, -0.1) is 0 Å². The molecule has 168 valence electrons. The summed E-state index contributed by atoms with van der Waals surface area (Å²) in [5.74, 6) is -1.07. The highest BCUT2D eigenvalue weighted by Gasteiger charge is 2.24. The lowest BCUT2D eigenvalue weighted by atomic mass is 10.1. The van der Waals surface area contributed by atoms with E-state index in [0.717, 1.165) is 0 Å². The third-order valence-electron chi connectivity index (χ3n) is 5.14. The molecule has 5 rings (SSSR count). The number of aromatic amines is 1. The number of carbonyl (C=O) groups excluding carboxylic acids is 2. The summed E-state index contributed by atoms with van der Waals surface area (Å²) in [6, 6.07) is 21.8. The van der Waals surface area contributed by atoms with Gasteiger partial charge in [0.25, 0.3) is 11.8 Å². The van der Waals surface area contributed by atoms with Gasteiger partial charge in [0.1, 0.15) is 22.7 Å². The van der Waals surface area contributed by atoms with Crippen molar-refractivity contribution >= 4 is 45.8 Å². The summed E-state index contributed by atoms with van der Waals surface area (Å²) >= 11 is 5.91. The predicted molar refractivity (Wildman–Crippen MR) is 129 cm³/mol. The number of amides is 2. The minimum Gasteiger partial charge on any atom is -0.507 e. The Bertz CT molecular complexity index is 1520. The molecule has 0 saturated heterocycles. The maximum Gasteiger partial charge on any atom is 0.293 e. The van der Waals surface area contributed by atoms with Gasteiger partial charge >= 0.3 is 0 Å². The van der Waals surface area contributed by atoms with E-state index in [2.05, 4.69) is 20.8 Å². The minimum atomic E-state index is -0.534. The first-order valence-corrected chi connectivity index (χ1v) is 10.6. The molecule has 9 heteroatoms. The monoisotopic (exact) mass is 472 g/mol. The van der Waals surface area contributed by atoms with E-state index in [1.807, 2.05) is 0 Å². The van der Waals surface area contributed by atoms with Gasteiger partial charge in [0, 0.05) is 21.7 Å². The molecular formula is C25H17ClN4O4. The number of anilines is 2. The van der Waals surface area contributed by atoms with Crippen molar-refractivity contribution in [2.45, 2.75) is 0 Å². The molecule has 0 bridgehead atoms. The van der Waals surface area contributed by atoms with E-state index in [9.17, 15) is 14.7 Å². The van der Waals surface area contributed by atoms with E-state index in [-0.39, 0.29) is 22.9 Å². The van der Waals surface area contributed by atoms with Gasteiger partial charge in [-0.1, -0.05) is 35.9 Å². The van der Waals surface area contributed by atoms with Gasteiger partial charge in [0.05, 0.1) is 5.69 Å². The van der Waals surface area contributed by atoms with Crippen molar-refractivity contribution < 1.29 is 19.1 Å². The second kappa shape index (κ2) is 8.76. The molecule has 0 unspecified atom stereocenters.